The van der Waals surface area contributed by atoms with Crippen LogP contribution in [0.5, 0.6) is 5.75 Å². The second-order valence-electron chi connectivity index (χ2n) is 3.85. The molecule has 0 amide bonds. The van der Waals surface area contributed by atoms with Gasteiger partial charge in [0.05, 0.1) is 0 Å². The number of imidazole rings is 1. The molecule has 0 aliphatic rings. The Morgan fingerprint density at radius 3 is 3.00 bits per heavy atom. The summed E-state index contributed by atoms with van der Waals surface area (Å²) in [6.45, 7) is 5.04. The molecule has 17 heavy (non-hydrogen) atoms. The van der Waals surface area contributed by atoms with E-state index in [1.54, 1.807) is 18.3 Å². The average molecular weight is 234 g/mol. The molecule has 1 aromatic heterocycles. The number of benzene rings is 1. The van der Waals surface area contributed by atoms with E-state index in [0.29, 0.717) is 0 Å². The molecule has 0 N–H and O–H groups in total. The van der Waals surface area contributed by atoms with Crippen molar-refractivity contribution in [1.29, 1.82) is 0 Å². The fourth-order valence-corrected chi connectivity index (χ4v) is 1.63. The third kappa shape index (κ3) is 2.64. The van der Waals surface area contributed by atoms with Crippen molar-refractivity contribution in [3.05, 3.63) is 47.8 Å². The molecule has 3 nitrogen and oxygen atoms in total. The van der Waals surface area contributed by atoms with Crippen molar-refractivity contribution in [1.82, 2.24) is 9.55 Å². The number of aryl methyl sites for hydroxylation is 2. The average Bonchev–Trinajstić information content (AvgIpc) is 2.77. The first-order chi connectivity index (χ1) is 8.20. The molecule has 90 valence electrons. The SMILES string of the molecule is CCn1ccnc1COc1cc(C)ccc1F. The minimum Gasteiger partial charge on any atom is -0.483 e. The lowest BCUT2D eigenvalue weighted by Gasteiger charge is -2.09. The molecule has 0 saturated heterocycles. The van der Waals surface area contributed by atoms with Gasteiger partial charge in [-0.25, -0.2) is 9.37 Å². The number of nitrogens with zero attached hydrogens (tertiary/aromatic N) is 2. The maximum atomic E-state index is 13.4. The van der Waals surface area contributed by atoms with Crippen LogP contribution in [0, 0.1) is 12.7 Å². The Labute approximate surface area is 99.9 Å². The lowest BCUT2D eigenvalue weighted by molar-refractivity contribution is 0.275. The smallest absolute Gasteiger partial charge is 0.165 e. The summed E-state index contributed by atoms with van der Waals surface area (Å²) in [5.41, 5.74) is 0.972. The van der Waals surface area contributed by atoms with Crippen molar-refractivity contribution in [2.45, 2.75) is 27.0 Å². The molecule has 0 radical (unpaired) electrons. The van der Waals surface area contributed by atoms with Crippen molar-refractivity contribution >= 4 is 0 Å². The minimum atomic E-state index is -0.342. The summed E-state index contributed by atoms with van der Waals surface area (Å²) in [4.78, 5) is 4.17. The molecule has 0 atom stereocenters. The largest absolute Gasteiger partial charge is 0.483 e. The third-order valence-electron chi connectivity index (χ3n) is 2.59. The van der Waals surface area contributed by atoms with Crippen molar-refractivity contribution in [2.75, 3.05) is 0 Å². The van der Waals surface area contributed by atoms with Gasteiger partial charge in [-0.2, -0.15) is 0 Å². The van der Waals surface area contributed by atoms with Crippen LogP contribution in [-0.4, -0.2) is 9.55 Å². The lowest BCUT2D eigenvalue weighted by Crippen LogP contribution is -2.06. The fraction of sp³-hybridized carbons (Fsp3) is 0.308. The molecule has 0 saturated carbocycles. The van der Waals surface area contributed by atoms with E-state index in [1.807, 2.05) is 24.6 Å². The summed E-state index contributed by atoms with van der Waals surface area (Å²) >= 11 is 0. The summed E-state index contributed by atoms with van der Waals surface area (Å²) in [5.74, 6) is 0.731. The maximum Gasteiger partial charge on any atom is 0.165 e. The number of aromatic nitrogens is 2. The predicted molar refractivity (Wildman–Crippen MR) is 63.4 cm³/mol. The van der Waals surface area contributed by atoms with Crippen LogP contribution in [0.25, 0.3) is 0 Å². The standard InChI is InChI=1S/C13H15FN2O/c1-3-16-7-6-15-13(16)9-17-12-8-10(2)4-5-11(12)14/h4-8H,3,9H2,1-2H3. The highest BCUT2D eigenvalue weighted by Crippen LogP contribution is 2.19. The highest BCUT2D eigenvalue weighted by molar-refractivity contribution is 5.29. The van der Waals surface area contributed by atoms with E-state index in [2.05, 4.69) is 4.98 Å². The van der Waals surface area contributed by atoms with Crippen molar-refractivity contribution in [3.8, 4) is 5.75 Å². The van der Waals surface area contributed by atoms with E-state index in [-0.39, 0.29) is 18.2 Å². The lowest BCUT2D eigenvalue weighted by atomic mass is 10.2. The molecule has 0 bridgehead atoms. The van der Waals surface area contributed by atoms with Gasteiger partial charge in [0.25, 0.3) is 0 Å². The first kappa shape index (κ1) is 11.6. The van der Waals surface area contributed by atoms with Gasteiger partial charge in [-0.05, 0) is 31.5 Å². The fourth-order valence-electron chi connectivity index (χ4n) is 1.63. The van der Waals surface area contributed by atoms with Crippen LogP contribution >= 0.6 is 0 Å². The summed E-state index contributed by atoms with van der Waals surface area (Å²) in [6.07, 6.45) is 3.60. The van der Waals surface area contributed by atoms with Crippen LogP contribution in [0.15, 0.2) is 30.6 Å². The van der Waals surface area contributed by atoms with Crippen LogP contribution in [0.2, 0.25) is 0 Å². The number of hydrogen-bond acceptors (Lipinski definition) is 2. The van der Waals surface area contributed by atoms with Gasteiger partial charge >= 0.3 is 0 Å². The Hall–Kier alpha value is -1.84. The molecule has 0 unspecified atom stereocenters. The van der Waals surface area contributed by atoms with Gasteiger partial charge in [0.2, 0.25) is 0 Å². The van der Waals surface area contributed by atoms with Gasteiger partial charge in [-0.15, -0.1) is 0 Å². The summed E-state index contributed by atoms with van der Waals surface area (Å²) in [6, 6.07) is 4.82. The number of ether oxygens (including phenoxy) is 1. The van der Waals surface area contributed by atoms with Crippen molar-refractivity contribution in [2.24, 2.45) is 0 Å². The van der Waals surface area contributed by atoms with Gasteiger partial charge in [0, 0.05) is 18.9 Å². The summed E-state index contributed by atoms with van der Waals surface area (Å²) < 4.78 is 20.8. The maximum absolute atomic E-state index is 13.4. The summed E-state index contributed by atoms with van der Waals surface area (Å²) in [7, 11) is 0. The van der Waals surface area contributed by atoms with Gasteiger partial charge in [0.15, 0.2) is 11.6 Å². The number of halogens is 1. The topological polar surface area (TPSA) is 27.1 Å². The van der Waals surface area contributed by atoms with Crippen LogP contribution in [0.1, 0.15) is 18.3 Å². The number of rotatable bonds is 4. The number of hydrogen-bond donors (Lipinski definition) is 0. The van der Waals surface area contributed by atoms with E-state index in [1.165, 1.54) is 6.07 Å². The molecule has 0 spiro atoms. The minimum absolute atomic E-state index is 0.274. The second kappa shape index (κ2) is 4.99. The van der Waals surface area contributed by atoms with Gasteiger partial charge in [0.1, 0.15) is 12.4 Å². The van der Waals surface area contributed by atoms with Crippen molar-refractivity contribution in [3.63, 3.8) is 0 Å². The Balaban J connectivity index is 2.09. The zero-order valence-corrected chi connectivity index (χ0v) is 9.98. The van der Waals surface area contributed by atoms with E-state index in [4.69, 9.17) is 4.74 Å². The van der Waals surface area contributed by atoms with Crippen LogP contribution in [0.4, 0.5) is 4.39 Å². The molecular formula is C13H15FN2O. The monoisotopic (exact) mass is 234 g/mol. The molecule has 2 rings (SSSR count). The molecule has 2 aromatic rings. The highest BCUT2D eigenvalue weighted by Gasteiger charge is 2.06. The molecule has 1 aromatic carbocycles. The van der Waals surface area contributed by atoms with Gasteiger partial charge < -0.3 is 9.30 Å². The summed E-state index contributed by atoms with van der Waals surface area (Å²) in [5, 5.41) is 0. The third-order valence-corrected chi connectivity index (χ3v) is 2.59. The predicted octanol–water partition coefficient (Wildman–Crippen LogP) is 2.93. The second-order valence-corrected chi connectivity index (χ2v) is 3.85. The zero-order chi connectivity index (χ0) is 12.3. The Morgan fingerprint density at radius 1 is 1.41 bits per heavy atom. The molecule has 4 heteroatoms. The van der Waals surface area contributed by atoms with Gasteiger partial charge in [-0.3, -0.25) is 0 Å². The normalized spacial score (nSPS) is 10.5. The van der Waals surface area contributed by atoms with E-state index < -0.39 is 0 Å². The van der Waals surface area contributed by atoms with E-state index in [9.17, 15) is 4.39 Å². The first-order valence-corrected chi connectivity index (χ1v) is 5.59. The molecule has 0 aliphatic carbocycles. The molecule has 0 fully saturated rings. The molecular weight excluding hydrogens is 219 g/mol. The Kier molecular flexibility index (Phi) is 3.42. The Bertz CT molecular complexity index is 508. The first-order valence-electron chi connectivity index (χ1n) is 5.59. The Morgan fingerprint density at radius 2 is 2.24 bits per heavy atom. The molecule has 0 aliphatic heterocycles. The molecule has 1 heterocycles. The van der Waals surface area contributed by atoms with Crippen LogP contribution in [0.3, 0.4) is 0 Å². The zero-order valence-electron chi connectivity index (χ0n) is 9.98. The highest BCUT2D eigenvalue weighted by atomic mass is 19.1. The van der Waals surface area contributed by atoms with E-state index >= 15 is 0 Å². The van der Waals surface area contributed by atoms with E-state index in [0.717, 1.165) is 17.9 Å². The van der Waals surface area contributed by atoms with Crippen LogP contribution < -0.4 is 4.74 Å². The quantitative estimate of drug-likeness (QED) is 0.813. The van der Waals surface area contributed by atoms with Crippen LogP contribution in [-0.2, 0) is 13.2 Å². The van der Waals surface area contributed by atoms with Gasteiger partial charge in [-0.1, -0.05) is 6.07 Å². The van der Waals surface area contributed by atoms with Crippen molar-refractivity contribution < 1.29 is 9.13 Å².